The molecule has 1 amide bonds. The van der Waals surface area contributed by atoms with Gasteiger partial charge in [-0.1, -0.05) is 43.3 Å². The van der Waals surface area contributed by atoms with E-state index in [1.165, 1.54) is 11.8 Å². The number of amidine groups is 1. The maximum Gasteiger partial charge on any atom is 0.266 e. The van der Waals surface area contributed by atoms with Crippen LogP contribution in [0.25, 0.3) is 6.08 Å². The molecule has 24 heavy (non-hydrogen) atoms. The number of benzene rings is 2. The molecule has 0 spiro atoms. The molecule has 0 atom stereocenters. The Morgan fingerprint density at radius 2 is 1.88 bits per heavy atom. The molecular weight excluding hydrogens is 320 g/mol. The molecule has 2 aromatic carbocycles. The van der Waals surface area contributed by atoms with Gasteiger partial charge >= 0.3 is 0 Å². The molecule has 4 nitrogen and oxygen atoms in total. The Labute approximate surface area is 145 Å². The van der Waals surface area contributed by atoms with E-state index in [4.69, 9.17) is 0 Å². The summed E-state index contributed by atoms with van der Waals surface area (Å²) in [4.78, 5) is 19.2. The maximum absolute atomic E-state index is 12.5. The lowest BCUT2D eigenvalue weighted by atomic mass is 10.1. The minimum Gasteiger partial charge on any atom is -0.507 e. The van der Waals surface area contributed by atoms with Gasteiger partial charge in [0.15, 0.2) is 5.17 Å². The Kier molecular flexibility index (Phi) is 4.71. The molecule has 1 aliphatic heterocycles. The summed E-state index contributed by atoms with van der Waals surface area (Å²) in [6.45, 7) is 2.08. The Bertz CT molecular complexity index is 843. The summed E-state index contributed by atoms with van der Waals surface area (Å²) in [5, 5.41) is 10.5. The van der Waals surface area contributed by atoms with Crippen LogP contribution in [-0.2, 0) is 11.2 Å². The second-order valence-electron chi connectivity index (χ2n) is 5.41. The number of carbonyl (C=O) groups is 1. The smallest absolute Gasteiger partial charge is 0.266 e. The van der Waals surface area contributed by atoms with Crippen molar-refractivity contribution in [3.05, 3.63) is 64.6 Å². The highest BCUT2D eigenvalue weighted by Gasteiger charge is 2.30. The molecule has 3 rings (SSSR count). The molecule has 1 heterocycles. The van der Waals surface area contributed by atoms with Gasteiger partial charge in [0, 0.05) is 12.6 Å². The van der Waals surface area contributed by atoms with E-state index in [0.717, 1.165) is 17.7 Å². The van der Waals surface area contributed by atoms with Gasteiger partial charge in [-0.25, -0.2) is 4.99 Å². The van der Waals surface area contributed by atoms with E-state index in [1.54, 1.807) is 36.2 Å². The number of phenolic OH excluding ortho intramolecular Hbond substituents is 1. The minimum absolute atomic E-state index is 0.115. The molecule has 0 saturated carbocycles. The average molecular weight is 338 g/mol. The van der Waals surface area contributed by atoms with Crippen LogP contribution in [0.15, 0.2) is 58.4 Å². The van der Waals surface area contributed by atoms with Crippen LogP contribution in [-0.4, -0.2) is 28.1 Å². The van der Waals surface area contributed by atoms with Gasteiger partial charge in [0.1, 0.15) is 5.75 Å². The summed E-state index contributed by atoms with van der Waals surface area (Å²) < 4.78 is 0. The molecule has 5 heteroatoms. The van der Waals surface area contributed by atoms with Crippen LogP contribution in [0.5, 0.6) is 5.75 Å². The third-order valence-electron chi connectivity index (χ3n) is 3.82. The molecule has 0 radical (unpaired) electrons. The van der Waals surface area contributed by atoms with E-state index < -0.39 is 0 Å². The van der Waals surface area contributed by atoms with Crippen LogP contribution in [0.1, 0.15) is 18.1 Å². The monoisotopic (exact) mass is 338 g/mol. The summed E-state index contributed by atoms with van der Waals surface area (Å²) >= 11 is 1.32. The van der Waals surface area contributed by atoms with E-state index in [1.807, 2.05) is 30.3 Å². The molecular formula is C19H18N2O2S. The standard InChI is InChI=1S/C19H18N2O2S/c1-3-13-8-4-6-10-15(13)20-19-21(2)18(23)17(24-19)12-14-9-5-7-11-16(14)22/h4-12,22H,3H2,1-2H3/b17-12+,20-19?. The van der Waals surface area contributed by atoms with E-state index >= 15 is 0 Å². The highest BCUT2D eigenvalue weighted by atomic mass is 32.2. The van der Waals surface area contributed by atoms with E-state index in [-0.39, 0.29) is 11.7 Å². The van der Waals surface area contributed by atoms with Crippen molar-refractivity contribution in [1.29, 1.82) is 0 Å². The van der Waals surface area contributed by atoms with Gasteiger partial charge in [-0.05, 0) is 42.0 Å². The number of aromatic hydroxyl groups is 1. The largest absolute Gasteiger partial charge is 0.507 e. The lowest BCUT2D eigenvalue weighted by molar-refractivity contribution is -0.121. The number of aliphatic imine (C=N–C) groups is 1. The first-order valence-electron chi connectivity index (χ1n) is 7.72. The lowest BCUT2D eigenvalue weighted by Crippen LogP contribution is -2.23. The second kappa shape index (κ2) is 6.93. The number of hydrogen-bond donors (Lipinski definition) is 1. The number of thioether (sulfide) groups is 1. The minimum atomic E-state index is -0.115. The van der Waals surface area contributed by atoms with Crippen molar-refractivity contribution >= 4 is 34.6 Å². The Morgan fingerprint density at radius 1 is 1.17 bits per heavy atom. The number of para-hydroxylation sites is 2. The van der Waals surface area contributed by atoms with Gasteiger partial charge in [-0.15, -0.1) is 0 Å². The van der Waals surface area contributed by atoms with Crippen LogP contribution < -0.4 is 0 Å². The van der Waals surface area contributed by atoms with Crippen LogP contribution in [0.3, 0.4) is 0 Å². The number of nitrogens with zero attached hydrogens (tertiary/aromatic N) is 2. The quantitative estimate of drug-likeness (QED) is 0.854. The average Bonchev–Trinajstić information content (AvgIpc) is 2.85. The van der Waals surface area contributed by atoms with Gasteiger partial charge in [0.25, 0.3) is 5.91 Å². The molecule has 1 fully saturated rings. The van der Waals surface area contributed by atoms with Crippen molar-refractivity contribution < 1.29 is 9.90 Å². The normalized spacial score (nSPS) is 17.9. The molecule has 0 unspecified atom stereocenters. The van der Waals surface area contributed by atoms with Crippen LogP contribution in [0.4, 0.5) is 5.69 Å². The fourth-order valence-corrected chi connectivity index (χ4v) is 3.40. The van der Waals surface area contributed by atoms with Gasteiger partial charge in [0.05, 0.1) is 10.6 Å². The summed E-state index contributed by atoms with van der Waals surface area (Å²) in [5.41, 5.74) is 2.65. The number of aryl methyl sites for hydroxylation is 1. The zero-order valence-corrected chi connectivity index (χ0v) is 14.4. The summed E-state index contributed by atoms with van der Waals surface area (Å²) in [6.07, 6.45) is 2.59. The maximum atomic E-state index is 12.5. The molecule has 1 N–H and O–H groups in total. The first-order valence-corrected chi connectivity index (χ1v) is 8.54. The highest BCUT2D eigenvalue weighted by Crippen LogP contribution is 2.35. The van der Waals surface area contributed by atoms with Crippen molar-refractivity contribution in [3.63, 3.8) is 0 Å². The highest BCUT2D eigenvalue weighted by molar-refractivity contribution is 8.18. The van der Waals surface area contributed by atoms with Gasteiger partial charge in [-0.2, -0.15) is 0 Å². The Morgan fingerprint density at radius 3 is 2.62 bits per heavy atom. The molecule has 2 aromatic rings. The van der Waals surface area contributed by atoms with Crippen molar-refractivity contribution in [1.82, 2.24) is 4.90 Å². The summed E-state index contributed by atoms with van der Waals surface area (Å²) in [6, 6.07) is 14.9. The number of rotatable bonds is 3. The van der Waals surface area contributed by atoms with Gasteiger partial charge < -0.3 is 5.11 Å². The lowest BCUT2D eigenvalue weighted by Gasteiger charge is -2.08. The van der Waals surface area contributed by atoms with Gasteiger partial charge in [0.2, 0.25) is 0 Å². The van der Waals surface area contributed by atoms with Crippen LogP contribution >= 0.6 is 11.8 Å². The third kappa shape index (κ3) is 3.21. The van der Waals surface area contributed by atoms with Crippen molar-refractivity contribution in [2.45, 2.75) is 13.3 Å². The zero-order chi connectivity index (χ0) is 17.1. The molecule has 0 aliphatic carbocycles. The fourth-order valence-electron chi connectivity index (χ4n) is 2.42. The van der Waals surface area contributed by atoms with E-state index in [2.05, 4.69) is 11.9 Å². The molecule has 1 saturated heterocycles. The topological polar surface area (TPSA) is 52.9 Å². The summed E-state index contributed by atoms with van der Waals surface area (Å²) in [7, 11) is 1.72. The third-order valence-corrected chi connectivity index (χ3v) is 4.88. The van der Waals surface area contributed by atoms with Crippen molar-refractivity contribution in [2.75, 3.05) is 7.05 Å². The molecule has 1 aliphatic rings. The number of carbonyl (C=O) groups excluding carboxylic acids is 1. The van der Waals surface area contributed by atoms with E-state index in [9.17, 15) is 9.90 Å². The van der Waals surface area contributed by atoms with Crippen LogP contribution in [0.2, 0.25) is 0 Å². The van der Waals surface area contributed by atoms with Crippen LogP contribution in [0, 0.1) is 0 Å². The van der Waals surface area contributed by atoms with E-state index in [0.29, 0.717) is 15.6 Å². The number of hydrogen-bond acceptors (Lipinski definition) is 4. The first-order chi connectivity index (χ1) is 11.6. The Hall–Kier alpha value is -2.53. The van der Waals surface area contributed by atoms with Gasteiger partial charge in [-0.3, -0.25) is 9.69 Å². The molecule has 0 aromatic heterocycles. The number of likely N-dealkylation sites (N-methyl/N-ethyl adjacent to an activating group) is 1. The predicted octanol–water partition coefficient (Wildman–Crippen LogP) is 4.19. The number of phenols is 1. The SMILES string of the molecule is CCc1ccccc1N=C1S/C(=C/c2ccccc2O)C(=O)N1C. The molecule has 0 bridgehead atoms. The first kappa shape index (κ1) is 16.3. The second-order valence-corrected chi connectivity index (χ2v) is 6.42. The predicted molar refractivity (Wildman–Crippen MR) is 99.4 cm³/mol. The Balaban J connectivity index is 1.95. The zero-order valence-electron chi connectivity index (χ0n) is 13.6. The fraction of sp³-hybridized carbons (Fsp3) is 0.158. The number of amides is 1. The summed E-state index contributed by atoms with van der Waals surface area (Å²) in [5.74, 6) is 0.0405. The van der Waals surface area contributed by atoms with Crippen molar-refractivity contribution in [3.8, 4) is 5.75 Å². The molecule has 122 valence electrons. The van der Waals surface area contributed by atoms with Crippen molar-refractivity contribution in [2.24, 2.45) is 4.99 Å².